The number of hydrogen-bond acceptors (Lipinski definition) is 6. The zero-order chi connectivity index (χ0) is 22.9. The van der Waals surface area contributed by atoms with Gasteiger partial charge in [-0.1, -0.05) is 30.3 Å². The molecule has 0 spiro atoms. The van der Waals surface area contributed by atoms with Gasteiger partial charge in [-0.25, -0.2) is 0 Å². The van der Waals surface area contributed by atoms with Crippen LogP contribution >= 0.6 is 0 Å². The highest BCUT2D eigenvalue weighted by Gasteiger charge is 2.28. The van der Waals surface area contributed by atoms with Crippen molar-refractivity contribution in [2.24, 2.45) is 0 Å². The van der Waals surface area contributed by atoms with Crippen molar-refractivity contribution in [2.75, 3.05) is 47.6 Å². The molecule has 2 atom stereocenters. The second kappa shape index (κ2) is 11.7. The maximum atomic E-state index is 12.8. The number of morpholine rings is 1. The number of carbonyl (C=O) groups excluding carboxylic acids is 1. The Balaban J connectivity index is 1.66. The smallest absolute Gasteiger partial charge is 0.220 e. The summed E-state index contributed by atoms with van der Waals surface area (Å²) >= 11 is 0. The molecule has 2 aromatic carbocycles. The second-order valence-corrected chi connectivity index (χ2v) is 7.89. The standard InChI is InChI=1S/C25H34N2O5/c1-18(24(20-8-6-5-7-9-20)27-12-14-32-15-13-27)26-23(28)11-10-19-16-21(29-2)25(31-4)22(17-19)30-3/h5-9,16-18,24H,10-15H2,1-4H3,(H,26,28). The van der Waals surface area contributed by atoms with E-state index in [1.807, 2.05) is 30.3 Å². The number of hydrogen-bond donors (Lipinski definition) is 1. The molecule has 32 heavy (non-hydrogen) atoms. The fourth-order valence-electron chi connectivity index (χ4n) is 4.26. The molecule has 2 aromatic rings. The Morgan fingerprint density at radius 1 is 1.03 bits per heavy atom. The molecule has 7 nitrogen and oxygen atoms in total. The summed E-state index contributed by atoms with van der Waals surface area (Å²) in [6, 6.07) is 14.2. The number of nitrogens with one attached hydrogen (secondary N) is 1. The minimum atomic E-state index is -0.0389. The van der Waals surface area contributed by atoms with E-state index in [2.05, 4.69) is 29.3 Å². The molecule has 1 aliphatic rings. The van der Waals surface area contributed by atoms with Gasteiger partial charge in [-0.3, -0.25) is 9.69 Å². The number of nitrogens with zero attached hydrogens (tertiary/aromatic N) is 1. The molecule has 1 amide bonds. The molecule has 1 aliphatic heterocycles. The van der Waals surface area contributed by atoms with Crippen molar-refractivity contribution >= 4 is 5.91 Å². The van der Waals surface area contributed by atoms with E-state index in [9.17, 15) is 4.79 Å². The molecule has 0 radical (unpaired) electrons. The van der Waals surface area contributed by atoms with Gasteiger partial charge in [0.15, 0.2) is 11.5 Å². The van der Waals surface area contributed by atoms with Crippen molar-refractivity contribution in [1.82, 2.24) is 10.2 Å². The average molecular weight is 443 g/mol. The summed E-state index contributed by atoms with van der Waals surface area (Å²) in [5.41, 5.74) is 2.15. The zero-order valence-corrected chi connectivity index (χ0v) is 19.4. The minimum absolute atomic E-state index is 0.0143. The van der Waals surface area contributed by atoms with E-state index >= 15 is 0 Å². The molecule has 1 N–H and O–H groups in total. The zero-order valence-electron chi connectivity index (χ0n) is 19.4. The van der Waals surface area contributed by atoms with Gasteiger partial charge in [-0.2, -0.15) is 0 Å². The summed E-state index contributed by atoms with van der Waals surface area (Å²) in [6.07, 6.45) is 0.941. The quantitative estimate of drug-likeness (QED) is 0.609. The van der Waals surface area contributed by atoms with Crippen LogP contribution in [0.2, 0.25) is 0 Å². The van der Waals surface area contributed by atoms with E-state index in [4.69, 9.17) is 18.9 Å². The molecule has 0 aromatic heterocycles. The number of aryl methyl sites for hydroxylation is 1. The van der Waals surface area contributed by atoms with Gasteiger partial charge in [0, 0.05) is 25.6 Å². The predicted molar refractivity (Wildman–Crippen MR) is 124 cm³/mol. The van der Waals surface area contributed by atoms with E-state index in [-0.39, 0.29) is 18.0 Å². The molecule has 0 aliphatic carbocycles. The third kappa shape index (κ3) is 5.93. The Kier molecular flexibility index (Phi) is 8.76. The third-order valence-corrected chi connectivity index (χ3v) is 5.81. The topological polar surface area (TPSA) is 69.3 Å². The Hall–Kier alpha value is -2.77. The van der Waals surface area contributed by atoms with Gasteiger partial charge in [0.2, 0.25) is 11.7 Å². The number of methoxy groups -OCH3 is 3. The van der Waals surface area contributed by atoms with E-state index in [0.29, 0.717) is 43.3 Å². The van der Waals surface area contributed by atoms with Crippen LogP contribution in [0, 0.1) is 0 Å². The van der Waals surface area contributed by atoms with Gasteiger partial charge in [0.1, 0.15) is 0 Å². The molecule has 3 rings (SSSR count). The first-order chi connectivity index (χ1) is 15.6. The molecule has 174 valence electrons. The summed E-state index contributed by atoms with van der Waals surface area (Å²) < 4.78 is 21.7. The summed E-state index contributed by atoms with van der Waals surface area (Å²) in [6.45, 7) is 5.21. The molecular formula is C25H34N2O5. The normalized spacial score (nSPS) is 16.1. The number of amides is 1. The van der Waals surface area contributed by atoms with Gasteiger partial charge in [0.25, 0.3) is 0 Å². The van der Waals surface area contributed by atoms with Crippen LogP contribution in [0.3, 0.4) is 0 Å². The lowest BCUT2D eigenvalue weighted by Gasteiger charge is -2.38. The largest absolute Gasteiger partial charge is 0.493 e. The molecule has 7 heteroatoms. The van der Waals surface area contributed by atoms with Crippen LogP contribution in [0.25, 0.3) is 0 Å². The molecule has 1 saturated heterocycles. The lowest BCUT2D eigenvalue weighted by molar-refractivity contribution is -0.122. The highest BCUT2D eigenvalue weighted by atomic mass is 16.5. The van der Waals surface area contributed by atoms with Gasteiger partial charge in [-0.05, 0) is 36.6 Å². The van der Waals surface area contributed by atoms with Crippen molar-refractivity contribution in [3.63, 3.8) is 0 Å². The average Bonchev–Trinajstić information content (AvgIpc) is 2.83. The van der Waals surface area contributed by atoms with Crippen molar-refractivity contribution in [1.29, 1.82) is 0 Å². The SMILES string of the molecule is COc1cc(CCC(=O)NC(C)C(c2ccccc2)N2CCOCC2)cc(OC)c1OC. The van der Waals surface area contributed by atoms with Gasteiger partial charge in [0.05, 0.1) is 40.6 Å². The van der Waals surface area contributed by atoms with Crippen LogP contribution in [-0.2, 0) is 16.0 Å². The summed E-state index contributed by atoms with van der Waals surface area (Å²) in [4.78, 5) is 15.2. The lowest BCUT2D eigenvalue weighted by Crippen LogP contribution is -2.48. The molecular weight excluding hydrogens is 408 g/mol. The molecule has 0 bridgehead atoms. The maximum absolute atomic E-state index is 12.8. The van der Waals surface area contributed by atoms with Crippen LogP contribution in [-0.4, -0.2) is 64.5 Å². The molecule has 1 fully saturated rings. The second-order valence-electron chi connectivity index (χ2n) is 7.89. The Labute approximate surface area is 190 Å². The van der Waals surface area contributed by atoms with E-state index in [0.717, 1.165) is 18.7 Å². The van der Waals surface area contributed by atoms with Crippen molar-refractivity contribution in [3.05, 3.63) is 53.6 Å². The predicted octanol–water partition coefficient (Wildman–Crippen LogP) is 3.22. The Bertz CT molecular complexity index is 843. The fourth-order valence-corrected chi connectivity index (χ4v) is 4.26. The summed E-state index contributed by atoms with van der Waals surface area (Å²) in [5.74, 6) is 1.74. The fraction of sp³-hybridized carbons (Fsp3) is 0.480. The molecule has 0 saturated carbocycles. The number of ether oxygens (including phenoxy) is 4. The lowest BCUT2D eigenvalue weighted by atomic mass is 9.97. The number of carbonyl (C=O) groups is 1. The minimum Gasteiger partial charge on any atom is -0.493 e. The van der Waals surface area contributed by atoms with Crippen LogP contribution < -0.4 is 19.5 Å². The van der Waals surface area contributed by atoms with E-state index in [1.165, 1.54) is 5.56 Å². The van der Waals surface area contributed by atoms with Crippen LogP contribution in [0.15, 0.2) is 42.5 Å². The van der Waals surface area contributed by atoms with E-state index in [1.54, 1.807) is 21.3 Å². The molecule has 1 heterocycles. The highest BCUT2D eigenvalue weighted by molar-refractivity contribution is 5.76. The first kappa shape index (κ1) is 23.9. The summed E-state index contributed by atoms with van der Waals surface area (Å²) in [5, 5.41) is 3.22. The van der Waals surface area contributed by atoms with E-state index < -0.39 is 0 Å². The third-order valence-electron chi connectivity index (χ3n) is 5.81. The summed E-state index contributed by atoms with van der Waals surface area (Å²) in [7, 11) is 4.75. The van der Waals surface area contributed by atoms with Crippen LogP contribution in [0.4, 0.5) is 0 Å². The van der Waals surface area contributed by atoms with Gasteiger partial charge in [-0.15, -0.1) is 0 Å². The Morgan fingerprint density at radius 3 is 2.22 bits per heavy atom. The molecule has 2 unspecified atom stereocenters. The van der Waals surface area contributed by atoms with Gasteiger partial charge >= 0.3 is 0 Å². The van der Waals surface area contributed by atoms with Crippen molar-refractivity contribution in [3.8, 4) is 17.2 Å². The highest BCUT2D eigenvalue weighted by Crippen LogP contribution is 2.38. The van der Waals surface area contributed by atoms with Crippen molar-refractivity contribution in [2.45, 2.75) is 31.8 Å². The van der Waals surface area contributed by atoms with Crippen LogP contribution in [0.1, 0.15) is 30.5 Å². The van der Waals surface area contributed by atoms with Crippen LogP contribution in [0.5, 0.6) is 17.2 Å². The van der Waals surface area contributed by atoms with Crippen molar-refractivity contribution < 1.29 is 23.7 Å². The number of benzene rings is 2. The maximum Gasteiger partial charge on any atom is 0.220 e. The first-order valence-electron chi connectivity index (χ1n) is 11.0. The first-order valence-corrected chi connectivity index (χ1v) is 11.0. The Morgan fingerprint density at radius 2 is 1.66 bits per heavy atom. The monoisotopic (exact) mass is 442 g/mol. The van der Waals surface area contributed by atoms with Gasteiger partial charge < -0.3 is 24.3 Å². The number of rotatable bonds is 10.